The van der Waals surface area contributed by atoms with Gasteiger partial charge < -0.3 is 19.9 Å². The van der Waals surface area contributed by atoms with Crippen molar-refractivity contribution in [3.05, 3.63) is 48.3 Å². The Kier molecular flexibility index (Phi) is 6.11. The van der Waals surface area contributed by atoms with Crippen LogP contribution >= 0.6 is 0 Å². The first-order chi connectivity index (χ1) is 13.0. The number of aromatic nitrogens is 2. The van der Waals surface area contributed by atoms with Crippen molar-refractivity contribution in [3.8, 4) is 5.75 Å². The molecule has 1 unspecified atom stereocenters. The normalized spacial score (nSPS) is 15.6. The third-order valence-corrected chi connectivity index (χ3v) is 4.57. The Morgan fingerprint density at radius 1 is 1.04 bits per heavy atom. The molecule has 1 N–H and O–H groups in total. The van der Waals surface area contributed by atoms with Crippen LogP contribution < -0.4 is 15.0 Å². The minimum Gasteiger partial charge on any atom is -0.471 e. The molecule has 0 spiro atoms. The lowest BCUT2D eigenvalue weighted by Crippen LogP contribution is -2.54. The first-order valence-corrected chi connectivity index (χ1v) is 9.37. The van der Waals surface area contributed by atoms with E-state index in [1.165, 1.54) is 0 Å². The average molecular weight is 369 g/mol. The number of nitrogens with one attached hydrogen (secondary N) is 1. The number of nitrogens with zero attached hydrogens (tertiary/aromatic N) is 4. The smallest absolute Gasteiger partial charge is 0.320 e. The zero-order valence-corrected chi connectivity index (χ0v) is 16.1. The van der Waals surface area contributed by atoms with E-state index in [4.69, 9.17) is 4.74 Å². The van der Waals surface area contributed by atoms with Crippen LogP contribution in [0.25, 0.3) is 0 Å². The molecule has 1 aromatic carbocycles. The Bertz CT molecular complexity index is 745. The molecule has 1 atom stereocenters. The van der Waals surface area contributed by atoms with E-state index in [9.17, 15) is 4.79 Å². The average Bonchev–Trinajstić information content (AvgIpc) is 2.69. The van der Waals surface area contributed by atoms with Crippen molar-refractivity contribution >= 4 is 12.0 Å². The van der Waals surface area contributed by atoms with E-state index < -0.39 is 6.23 Å². The van der Waals surface area contributed by atoms with Gasteiger partial charge in [0.25, 0.3) is 0 Å². The summed E-state index contributed by atoms with van der Waals surface area (Å²) in [6, 6.07) is 9.63. The molecule has 0 saturated carbocycles. The fourth-order valence-corrected chi connectivity index (χ4v) is 3.11. The number of hydrogen-bond acceptors (Lipinski definition) is 5. The number of hydrogen-bond donors (Lipinski definition) is 1. The molecule has 1 fully saturated rings. The van der Waals surface area contributed by atoms with Crippen molar-refractivity contribution in [3.63, 3.8) is 0 Å². The monoisotopic (exact) mass is 369 g/mol. The molecule has 1 aliphatic heterocycles. The molecular formula is C20H27N5O2. The summed E-state index contributed by atoms with van der Waals surface area (Å²) in [5, 5.41) is 2.93. The first kappa shape index (κ1) is 18.9. The van der Waals surface area contributed by atoms with Crippen LogP contribution in [-0.2, 0) is 0 Å². The Morgan fingerprint density at radius 3 is 2.37 bits per heavy atom. The van der Waals surface area contributed by atoms with E-state index in [1.807, 2.05) is 25.1 Å². The molecular weight excluding hydrogens is 342 g/mol. The van der Waals surface area contributed by atoms with Crippen LogP contribution in [-0.4, -0.2) is 53.3 Å². The van der Waals surface area contributed by atoms with Gasteiger partial charge in [-0.3, -0.25) is 0 Å². The predicted molar refractivity (Wildman–Crippen MR) is 105 cm³/mol. The zero-order valence-electron chi connectivity index (χ0n) is 16.1. The van der Waals surface area contributed by atoms with Crippen LogP contribution in [0.5, 0.6) is 5.75 Å². The summed E-state index contributed by atoms with van der Waals surface area (Å²) in [7, 11) is 0. The summed E-state index contributed by atoms with van der Waals surface area (Å²) in [5.74, 6) is 1.88. The van der Waals surface area contributed by atoms with Crippen molar-refractivity contribution in [2.45, 2.75) is 32.9 Å². The van der Waals surface area contributed by atoms with Gasteiger partial charge in [0.15, 0.2) is 6.23 Å². The lowest BCUT2D eigenvalue weighted by atomic mass is 10.0. The van der Waals surface area contributed by atoms with Gasteiger partial charge in [0.05, 0.1) is 0 Å². The molecule has 2 aromatic rings. The van der Waals surface area contributed by atoms with Crippen LogP contribution in [0.2, 0.25) is 0 Å². The molecule has 0 radical (unpaired) electrons. The van der Waals surface area contributed by atoms with E-state index in [2.05, 4.69) is 40.1 Å². The number of piperazine rings is 1. The van der Waals surface area contributed by atoms with Crippen LogP contribution in [0.15, 0.2) is 42.7 Å². The van der Waals surface area contributed by atoms with Crippen molar-refractivity contribution in [1.82, 2.24) is 20.2 Å². The van der Waals surface area contributed by atoms with E-state index in [-0.39, 0.29) is 6.03 Å². The lowest BCUT2D eigenvalue weighted by molar-refractivity contribution is 0.150. The number of carbonyl (C=O) groups excluding carboxylic acids is 1. The minimum absolute atomic E-state index is 0.113. The van der Waals surface area contributed by atoms with Crippen molar-refractivity contribution in [2.24, 2.45) is 0 Å². The quantitative estimate of drug-likeness (QED) is 0.821. The molecule has 0 bridgehead atoms. The van der Waals surface area contributed by atoms with Gasteiger partial charge in [-0.1, -0.05) is 32.0 Å². The summed E-state index contributed by atoms with van der Waals surface area (Å²) in [6.45, 7) is 8.77. The molecule has 2 heterocycles. The lowest BCUT2D eigenvalue weighted by Gasteiger charge is -2.35. The Balaban J connectivity index is 1.51. The molecule has 1 aliphatic rings. The SMILES string of the molecule is CC(NC(=O)N1CCN(c2ncccn2)CC1)Oc1ccccc1C(C)C. The van der Waals surface area contributed by atoms with Gasteiger partial charge in [-0.15, -0.1) is 0 Å². The fraction of sp³-hybridized carbons (Fsp3) is 0.450. The second-order valence-electron chi connectivity index (χ2n) is 6.92. The van der Waals surface area contributed by atoms with Crippen LogP contribution in [0.1, 0.15) is 32.3 Å². The standard InChI is InChI=1S/C20H27N5O2/c1-15(2)17-7-4-5-8-18(17)27-16(3)23-20(26)25-13-11-24(12-14-25)19-21-9-6-10-22-19/h4-10,15-16H,11-14H2,1-3H3,(H,23,26). The topological polar surface area (TPSA) is 70.6 Å². The number of rotatable bonds is 5. The van der Waals surface area contributed by atoms with Crippen LogP contribution in [0, 0.1) is 0 Å². The van der Waals surface area contributed by atoms with Crippen LogP contribution in [0.4, 0.5) is 10.7 Å². The number of carbonyl (C=O) groups is 1. The Hall–Kier alpha value is -2.83. The minimum atomic E-state index is -0.409. The van der Waals surface area contributed by atoms with E-state index in [0.29, 0.717) is 38.0 Å². The van der Waals surface area contributed by atoms with E-state index in [0.717, 1.165) is 11.3 Å². The van der Waals surface area contributed by atoms with Crippen molar-refractivity contribution in [2.75, 3.05) is 31.1 Å². The first-order valence-electron chi connectivity index (χ1n) is 9.37. The highest BCUT2D eigenvalue weighted by atomic mass is 16.5. The summed E-state index contributed by atoms with van der Waals surface area (Å²) < 4.78 is 5.97. The molecule has 27 heavy (non-hydrogen) atoms. The molecule has 7 heteroatoms. The maximum atomic E-state index is 12.5. The van der Waals surface area contributed by atoms with Crippen LogP contribution in [0.3, 0.4) is 0 Å². The Morgan fingerprint density at radius 2 is 1.70 bits per heavy atom. The molecule has 0 aliphatic carbocycles. The molecule has 7 nitrogen and oxygen atoms in total. The van der Waals surface area contributed by atoms with E-state index >= 15 is 0 Å². The van der Waals surface area contributed by atoms with Gasteiger partial charge in [0.1, 0.15) is 5.75 Å². The summed E-state index contributed by atoms with van der Waals surface area (Å²) in [5.41, 5.74) is 1.13. The third-order valence-electron chi connectivity index (χ3n) is 4.57. The second-order valence-corrected chi connectivity index (χ2v) is 6.92. The molecule has 144 valence electrons. The zero-order chi connectivity index (χ0) is 19.2. The number of amides is 2. The molecule has 3 rings (SSSR count). The van der Waals surface area contributed by atoms with Gasteiger partial charge in [-0.2, -0.15) is 0 Å². The summed E-state index contributed by atoms with van der Waals surface area (Å²) in [6.07, 6.45) is 3.05. The number of benzene rings is 1. The largest absolute Gasteiger partial charge is 0.471 e. The highest BCUT2D eigenvalue weighted by molar-refractivity contribution is 5.74. The maximum absolute atomic E-state index is 12.5. The van der Waals surface area contributed by atoms with Crippen molar-refractivity contribution in [1.29, 1.82) is 0 Å². The summed E-state index contributed by atoms with van der Waals surface area (Å²) >= 11 is 0. The van der Waals surface area contributed by atoms with E-state index in [1.54, 1.807) is 23.4 Å². The van der Waals surface area contributed by atoms with Gasteiger partial charge in [0, 0.05) is 38.6 Å². The number of anilines is 1. The predicted octanol–water partition coefficient (Wildman–Crippen LogP) is 2.86. The molecule has 1 saturated heterocycles. The van der Waals surface area contributed by atoms with Crippen molar-refractivity contribution < 1.29 is 9.53 Å². The Labute approximate surface area is 160 Å². The number of ether oxygens (including phenoxy) is 1. The van der Waals surface area contributed by atoms with Gasteiger partial charge in [-0.25, -0.2) is 14.8 Å². The molecule has 1 aromatic heterocycles. The highest BCUT2D eigenvalue weighted by Gasteiger charge is 2.23. The second kappa shape index (κ2) is 8.70. The van der Waals surface area contributed by atoms with Gasteiger partial charge >= 0.3 is 6.03 Å². The number of urea groups is 1. The number of para-hydroxylation sites is 1. The van der Waals surface area contributed by atoms with Gasteiger partial charge in [0.2, 0.25) is 5.95 Å². The van der Waals surface area contributed by atoms with Gasteiger partial charge in [-0.05, 0) is 30.5 Å². The maximum Gasteiger partial charge on any atom is 0.320 e. The third kappa shape index (κ3) is 4.87. The summed E-state index contributed by atoms with van der Waals surface area (Å²) in [4.78, 5) is 25.0. The highest BCUT2D eigenvalue weighted by Crippen LogP contribution is 2.26. The molecule has 2 amide bonds. The fourth-order valence-electron chi connectivity index (χ4n) is 3.11.